The number of rotatable bonds is 0. The van der Waals surface area contributed by atoms with Crippen LogP contribution in [0.1, 0.15) is 0 Å². The van der Waals surface area contributed by atoms with Crippen LogP contribution in [-0.2, 0) is 26.9 Å². The Morgan fingerprint density at radius 1 is 1.50 bits per heavy atom. The Hall–Kier alpha value is 1.62. The maximum atomic E-state index is 9.31. The van der Waals surface area contributed by atoms with Crippen molar-refractivity contribution in [2.45, 2.75) is 0 Å². The van der Waals surface area contributed by atoms with E-state index in [2.05, 4.69) is 0 Å². The van der Waals surface area contributed by atoms with Gasteiger partial charge in [0.25, 0.3) is 0 Å². The normalized spacial score (nSPS) is 9.83. The maximum Gasteiger partial charge on any atom is 0.383 e. The molecule has 0 unspecified atom stereocenters. The van der Waals surface area contributed by atoms with Gasteiger partial charge in [-0.3, -0.25) is 0 Å². The van der Waals surface area contributed by atoms with Gasteiger partial charge in [-0.1, -0.05) is 0 Å². The molecule has 0 bridgehead atoms. The van der Waals surface area contributed by atoms with Crippen molar-refractivity contribution < 1.29 is 36.7 Å². The molecular formula is H2AgIO3P. The Balaban J connectivity index is 0. The molecule has 0 amide bonds. The van der Waals surface area contributed by atoms with Crippen molar-refractivity contribution >= 4 is 27.3 Å². The van der Waals surface area contributed by atoms with E-state index >= 15 is 0 Å². The second kappa shape index (κ2) is 3.60. The minimum Gasteiger partial charge on any atom is -0.317 e. The van der Waals surface area contributed by atoms with Gasteiger partial charge >= 0.3 is 5.24 Å². The van der Waals surface area contributed by atoms with E-state index in [4.69, 9.17) is 9.79 Å². The third kappa shape index (κ3) is 45.7. The van der Waals surface area contributed by atoms with E-state index in [1.807, 2.05) is 0 Å². The van der Waals surface area contributed by atoms with Crippen LogP contribution in [0, 0.1) is 0 Å². The molecule has 0 aliphatic heterocycles. The summed E-state index contributed by atoms with van der Waals surface area (Å²) in [6.07, 6.45) is 0. The van der Waals surface area contributed by atoms with Gasteiger partial charge in [0.05, 0.1) is 22.0 Å². The predicted molar refractivity (Wildman–Crippen MR) is 26.1 cm³/mol. The van der Waals surface area contributed by atoms with Crippen LogP contribution in [0.25, 0.3) is 0 Å². The quantitative estimate of drug-likeness (QED) is 0.389. The maximum absolute atomic E-state index is 9.31. The summed E-state index contributed by atoms with van der Waals surface area (Å²) < 4.78 is 9.31. The molecule has 0 heterocycles. The van der Waals surface area contributed by atoms with Crippen LogP contribution in [0.2, 0.25) is 0 Å². The average molecular weight is 316 g/mol. The first-order valence-corrected chi connectivity index (χ1v) is 5.15. The molecule has 3 nitrogen and oxygen atoms in total. The molecule has 0 aromatic rings. The summed E-state index contributed by atoms with van der Waals surface area (Å²) in [5.74, 6) is 0. The van der Waals surface area contributed by atoms with Crippen LogP contribution in [0.5, 0.6) is 0 Å². The van der Waals surface area contributed by atoms with Crippen molar-refractivity contribution in [2.75, 3.05) is 0 Å². The first kappa shape index (κ1) is 10.6. The van der Waals surface area contributed by atoms with Crippen molar-refractivity contribution in [1.82, 2.24) is 0 Å². The minimum absolute atomic E-state index is 0. The van der Waals surface area contributed by atoms with Crippen molar-refractivity contribution in [1.29, 1.82) is 0 Å². The fraction of sp³-hybridized carbons (Fsp3) is 0. The predicted octanol–water partition coefficient (Wildman–Crippen LogP) is 0.512. The van der Waals surface area contributed by atoms with Crippen LogP contribution in [0.3, 0.4) is 0 Å². The zero-order valence-corrected chi connectivity index (χ0v) is 6.96. The topological polar surface area (TPSA) is 57.5 Å². The summed E-state index contributed by atoms with van der Waals surface area (Å²) >= 11 is 1.04. The van der Waals surface area contributed by atoms with Crippen molar-refractivity contribution in [2.24, 2.45) is 0 Å². The summed E-state index contributed by atoms with van der Waals surface area (Å²) in [7, 11) is 0. The Labute approximate surface area is 63.7 Å². The van der Waals surface area contributed by atoms with Gasteiger partial charge in [0.15, 0.2) is 0 Å². The van der Waals surface area contributed by atoms with Crippen LogP contribution in [0.4, 0.5) is 0 Å². The third-order valence-electron chi connectivity index (χ3n) is 0. The Morgan fingerprint density at radius 3 is 1.50 bits per heavy atom. The molecule has 0 aromatic heterocycles. The molecule has 6 heteroatoms. The molecule has 0 atom stereocenters. The number of hydrogen-bond acceptors (Lipinski definition) is 1. The van der Waals surface area contributed by atoms with Crippen molar-refractivity contribution in [3.05, 3.63) is 0 Å². The molecule has 0 fully saturated rings. The second-order valence-electron chi connectivity index (χ2n) is 0.473. The van der Waals surface area contributed by atoms with Gasteiger partial charge in [0.1, 0.15) is 0 Å². The summed E-state index contributed by atoms with van der Waals surface area (Å²) in [4.78, 5) is 15.2. The van der Waals surface area contributed by atoms with E-state index < -0.39 is 5.24 Å². The van der Waals surface area contributed by atoms with Gasteiger partial charge in [-0.15, -0.1) is 0 Å². The summed E-state index contributed by atoms with van der Waals surface area (Å²) in [5.41, 5.74) is 0. The van der Waals surface area contributed by atoms with E-state index in [0.29, 0.717) is 0 Å². The fourth-order valence-corrected chi connectivity index (χ4v) is 0. The van der Waals surface area contributed by atoms with Gasteiger partial charge in [-0.05, 0) is 0 Å². The van der Waals surface area contributed by atoms with Gasteiger partial charge in [0.2, 0.25) is 0 Å². The summed E-state index contributed by atoms with van der Waals surface area (Å²) in [6, 6.07) is 0. The van der Waals surface area contributed by atoms with Crippen LogP contribution in [0.15, 0.2) is 0 Å². The molecule has 0 rings (SSSR count). The molecule has 0 aliphatic carbocycles. The van der Waals surface area contributed by atoms with Gasteiger partial charge in [0, 0.05) is 22.4 Å². The van der Waals surface area contributed by atoms with Crippen LogP contribution >= 0.6 is 27.3 Å². The molecule has 0 saturated heterocycles. The van der Waals surface area contributed by atoms with Gasteiger partial charge in [-0.25, -0.2) is 4.57 Å². The molecule has 1 radical (unpaired) electrons. The van der Waals surface area contributed by atoms with Crippen molar-refractivity contribution in [3.63, 3.8) is 0 Å². The van der Waals surface area contributed by atoms with E-state index in [1.54, 1.807) is 0 Å². The SMILES string of the molecule is O=P(O)(O)I.[Ag]. The Bertz CT molecular complexity index is 56.9. The summed E-state index contributed by atoms with van der Waals surface area (Å²) in [6.45, 7) is 0. The first-order valence-electron chi connectivity index (χ1n) is 0.752. The molecule has 43 valence electrons. The smallest absolute Gasteiger partial charge is 0.317 e. The van der Waals surface area contributed by atoms with E-state index in [1.165, 1.54) is 0 Å². The number of hydrogen-bond donors (Lipinski definition) is 2. The molecule has 2 N–H and O–H groups in total. The molecule has 0 aliphatic rings. The van der Waals surface area contributed by atoms with E-state index in [9.17, 15) is 4.57 Å². The average Bonchev–Trinajstić information content (AvgIpc) is 0.722. The van der Waals surface area contributed by atoms with E-state index in [-0.39, 0.29) is 22.4 Å². The molecule has 6 heavy (non-hydrogen) atoms. The largest absolute Gasteiger partial charge is 0.383 e. The second-order valence-corrected chi connectivity index (χ2v) is 5.19. The first-order chi connectivity index (χ1) is 2.00. The Kier molecular flexibility index (Phi) is 6.35. The van der Waals surface area contributed by atoms with Gasteiger partial charge in [-0.2, -0.15) is 0 Å². The van der Waals surface area contributed by atoms with E-state index in [0.717, 1.165) is 22.0 Å². The zero-order valence-electron chi connectivity index (χ0n) is 2.43. The Morgan fingerprint density at radius 2 is 1.50 bits per heavy atom. The fourth-order valence-electron chi connectivity index (χ4n) is 0. The standard InChI is InChI=1S/Ag.H2IO3P/c;1-5(2,3)4/h;(H2,2,3,4). The number of halogens is 1. The minimum atomic E-state index is -3.67. The van der Waals surface area contributed by atoms with Crippen LogP contribution in [-0.4, -0.2) is 9.79 Å². The van der Waals surface area contributed by atoms with Gasteiger partial charge < -0.3 is 9.79 Å². The van der Waals surface area contributed by atoms with Crippen LogP contribution < -0.4 is 0 Å². The third-order valence-corrected chi connectivity index (χ3v) is 0. The molecule has 0 spiro atoms. The molecular weight excluding hydrogens is 314 g/mol. The summed E-state index contributed by atoms with van der Waals surface area (Å²) in [5, 5.41) is -3.67. The zero-order chi connectivity index (χ0) is 4.50. The molecule has 0 saturated carbocycles. The van der Waals surface area contributed by atoms with Crippen molar-refractivity contribution in [3.8, 4) is 0 Å². The monoisotopic (exact) mass is 315 g/mol. The molecule has 0 aromatic carbocycles.